The number of hydrogen-bond acceptors (Lipinski definition) is 3. The van der Waals surface area contributed by atoms with Crippen LogP contribution in [0.5, 0.6) is 0 Å². The van der Waals surface area contributed by atoms with E-state index in [1.165, 1.54) is 12.1 Å². The molecule has 2 aromatic rings. The second-order valence-corrected chi connectivity index (χ2v) is 5.71. The highest BCUT2D eigenvalue weighted by molar-refractivity contribution is 6.30. The molecule has 19 heavy (non-hydrogen) atoms. The first-order chi connectivity index (χ1) is 8.84. The van der Waals surface area contributed by atoms with E-state index in [0.717, 1.165) is 0 Å². The molecule has 1 aromatic heterocycles. The Morgan fingerprint density at radius 3 is 2.58 bits per heavy atom. The molecule has 2 rings (SSSR count). The Hall–Kier alpha value is -1.46. The van der Waals surface area contributed by atoms with Crippen LogP contribution in [0.1, 0.15) is 26.6 Å². The summed E-state index contributed by atoms with van der Waals surface area (Å²) in [5.74, 6) is 0.667. The lowest BCUT2D eigenvalue weighted by atomic mass is 10.1. The smallest absolute Gasteiger partial charge is 0.167 e. The second-order valence-electron chi connectivity index (χ2n) is 5.27. The summed E-state index contributed by atoms with van der Waals surface area (Å²) >= 11 is 5.93. The lowest BCUT2D eigenvalue weighted by Gasteiger charge is -2.24. The van der Waals surface area contributed by atoms with Gasteiger partial charge in [-0.1, -0.05) is 11.6 Å². The Labute approximate surface area is 116 Å². The molecule has 0 atom stereocenters. The Bertz CT molecular complexity index is 601. The van der Waals surface area contributed by atoms with Gasteiger partial charge < -0.3 is 10.3 Å². The van der Waals surface area contributed by atoms with Gasteiger partial charge in [0.1, 0.15) is 11.6 Å². The molecule has 0 saturated carbocycles. The molecule has 1 aromatic carbocycles. The number of benzene rings is 1. The molecule has 0 aliphatic heterocycles. The van der Waals surface area contributed by atoms with E-state index in [2.05, 4.69) is 10.2 Å². The molecule has 0 fully saturated rings. The van der Waals surface area contributed by atoms with Crippen molar-refractivity contribution < 1.29 is 4.39 Å². The Balaban J connectivity index is 2.69. The van der Waals surface area contributed by atoms with Gasteiger partial charge in [-0.3, -0.25) is 0 Å². The first-order valence-corrected chi connectivity index (χ1v) is 6.32. The summed E-state index contributed by atoms with van der Waals surface area (Å²) in [4.78, 5) is 0. The Kier molecular flexibility index (Phi) is 3.60. The topological polar surface area (TPSA) is 56.7 Å². The minimum Gasteiger partial charge on any atom is -0.324 e. The SMILES string of the molecule is CC(C)(C)n1c(CN)nnc1-c1cc(Cl)ccc1F. The van der Waals surface area contributed by atoms with E-state index >= 15 is 0 Å². The van der Waals surface area contributed by atoms with Gasteiger partial charge in [-0.15, -0.1) is 10.2 Å². The summed E-state index contributed by atoms with van der Waals surface area (Å²) in [5, 5.41) is 8.54. The average Bonchev–Trinajstić information content (AvgIpc) is 2.75. The molecule has 0 bridgehead atoms. The van der Waals surface area contributed by atoms with Crippen LogP contribution in [0.2, 0.25) is 5.02 Å². The van der Waals surface area contributed by atoms with Crippen LogP contribution in [-0.4, -0.2) is 14.8 Å². The summed E-state index contributed by atoms with van der Waals surface area (Å²) < 4.78 is 15.8. The zero-order valence-corrected chi connectivity index (χ0v) is 11.9. The maximum absolute atomic E-state index is 14.0. The monoisotopic (exact) mass is 282 g/mol. The first-order valence-electron chi connectivity index (χ1n) is 5.95. The number of nitrogens with zero attached hydrogens (tertiary/aromatic N) is 3. The van der Waals surface area contributed by atoms with E-state index in [0.29, 0.717) is 22.2 Å². The van der Waals surface area contributed by atoms with Crippen molar-refractivity contribution in [3.63, 3.8) is 0 Å². The molecule has 6 heteroatoms. The third kappa shape index (κ3) is 2.62. The molecule has 0 unspecified atom stereocenters. The minimum atomic E-state index is -0.383. The second kappa shape index (κ2) is 4.90. The van der Waals surface area contributed by atoms with Gasteiger partial charge in [-0.2, -0.15) is 0 Å². The molecular weight excluding hydrogens is 267 g/mol. The van der Waals surface area contributed by atoms with E-state index in [1.54, 1.807) is 6.07 Å². The highest BCUT2D eigenvalue weighted by Gasteiger charge is 2.24. The van der Waals surface area contributed by atoms with E-state index in [-0.39, 0.29) is 17.9 Å². The van der Waals surface area contributed by atoms with Gasteiger partial charge in [0.15, 0.2) is 5.82 Å². The molecule has 0 amide bonds. The number of rotatable bonds is 2. The van der Waals surface area contributed by atoms with Crippen molar-refractivity contribution >= 4 is 11.6 Å². The van der Waals surface area contributed by atoms with Gasteiger partial charge in [0.05, 0.1) is 12.1 Å². The standard InChI is InChI=1S/C13H16ClFN4/c1-13(2,3)19-11(7-16)17-18-12(19)9-6-8(14)4-5-10(9)15/h4-6H,7,16H2,1-3H3. The summed E-state index contributed by atoms with van der Waals surface area (Å²) in [6.07, 6.45) is 0. The number of halogens is 2. The van der Waals surface area contributed by atoms with Gasteiger partial charge in [0.2, 0.25) is 0 Å². The first kappa shape index (κ1) is 14.0. The number of nitrogens with two attached hydrogens (primary N) is 1. The normalized spacial score (nSPS) is 11.9. The maximum Gasteiger partial charge on any atom is 0.167 e. The highest BCUT2D eigenvalue weighted by Crippen LogP contribution is 2.29. The summed E-state index contributed by atoms with van der Waals surface area (Å²) in [6, 6.07) is 4.37. The predicted octanol–water partition coefficient (Wildman–Crippen LogP) is 2.95. The van der Waals surface area contributed by atoms with Gasteiger partial charge >= 0.3 is 0 Å². The van der Waals surface area contributed by atoms with Crippen LogP contribution < -0.4 is 5.73 Å². The highest BCUT2D eigenvalue weighted by atomic mass is 35.5. The molecule has 1 heterocycles. The van der Waals surface area contributed by atoms with E-state index in [1.807, 2.05) is 25.3 Å². The van der Waals surface area contributed by atoms with Crippen LogP contribution >= 0.6 is 11.6 Å². The van der Waals surface area contributed by atoms with Crippen molar-refractivity contribution in [3.8, 4) is 11.4 Å². The molecule has 2 N–H and O–H groups in total. The Morgan fingerprint density at radius 1 is 1.32 bits per heavy atom. The van der Waals surface area contributed by atoms with Crippen molar-refractivity contribution in [2.75, 3.05) is 0 Å². The van der Waals surface area contributed by atoms with Crippen LogP contribution in [-0.2, 0) is 12.1 Å². The van der Waals surface area contributed by atoms with E-state index in [4.69, 9.17) is 17.3 Å². The lowest BCUT2D eigenvalue weighted by molar-refractivity contribution is 0.386. The average molecular weight is 283 g/mol. The van der Waals surface area contributed by atoms with E-state index < -0.39 is 0 Å². The van der Waals surface area contributed by atoms with Gasteiger partial charge in [-0.05, 0) is 39.0 Å². The quantitative estimate of drug-likeness (QED) is 0.921. The van der Waals surface area contributed by atoms with E-state index in [9.17, 15) is 4.39 Å². The summed E-state index contributed by atoms with van der Waals surface area (Å²) in [5.41, 5.74) is 5.69. The fourth-order valence-electron chi connectivity index (χ4n) is 2.00. The number of aromatic nitrogens is 3. The van der Waals surface area contributed by atoms with Gasteiger partial charge in [0, 0.05) is 10.6 Å². The molecule has 0 spiro atoms. The van der Waals surface area contributed by atoms with Crippen LogP contribution in [0.15, 0.2) is 18.2 Å². The summed E-state index contributed by atoms with van der Waals surface area (Å²) in [6.45, 7) is 6.21. The van der Waals surface area contributed by atoms with Crippen molar-refractivity contribution in [3.05, 3.63) is 34.9 Å². The molecule has 0 saturated heterocycles. The molecule has 0 aliphatic carbocycles. The minimum absolute atomic E-state index is 0.243. The third-order valence-corrected chi connectivity index (χ3v) is 2.99. The Morgan fingerprint density at radius 2 is 2.00 bits per heavy atom. The van der Waals surface area contributed by atoms with Crippen molar-refractivity contribution in [2.45, 2.75) is 32.9 Å². The van der Waals surface area contributed by atoms with Crippen LogP contribution in [0.3, 0.4) is 0 Å². The van der Waals surface area contributed by atoms with Crippen molar-refractivity contribution in [2.24, 2.45) is 5.73 Å². The van der Waals surface area contributed by atoms with Gasteiger partial charge in [0.25, 0.3) is 0 Å². The van der Waals surface area contributed by atoms with Crippen LogP contribution in [0.4, 0.5) is 4.39 Å². The predicted molar refractivity (Wildman–Crippen MR) is 73.3 cm³/mol. The fraction of sp³-hybridized carbons (Fsp3) is 0.385. The molecule has 0 aliphatic rings. The largest absolute Gasteiger partial charge is 0.324 e. The molecule has 0 radical (unpaired) electrons. The van der Waals surface area contributed by atoms with Crippen molar-refractivity contribution in [1.82, 2.24) is 14.8 Å². The molecule has 4 nitrogen and oxygen atoms in total. The molecule has 102 valence electrons. The van der Waals surface area contributed by atoms with Crippen LogP contribution in [0, 0.1) is 5.82 Å². The third-order valence-electron chi connectivity index (χ3n) is 2.75. The van der Waals surface area contributed by atoms with Crippen LogP contribution in [0.25, 0.3) is 11.4 Å². The van der Waals surface area contributed by atoms with Crippen molar-refractivity contribution in [1.29, 1.82) is 0 Å². The fourth-order valence-corrected chi connectivity index (χ4v) is 2.17. The zero-order valence-electron chi connectivity index (χ0n) is 11.1. The maximum atomic E-state index is 14.0. The lowest BCUT2D eigenvalue weighted by Crippen LogP contribution is -2.26. The summed E-state index contributed by atoms with van der Waals surface area (Å²) in [7, 11) is 0. The molecular formula is C13H16ClFN4. The van der Waals surface area contributed by atoms with Gasteiger partial charge in [-0.25, -0.2) is 4.39 Å². The number of hydrogen-bond donors (Lipinski definition) is 1. The zero-order chi connectivity index (χ0) is 14.2.